The van der Waals surface area contributed by atoms with Crippen LogP contribution in [0.4, 0.5) is 0 Å². The first-order valence-corrected chi connectivity index (χ1v) is 8.14. The standard InChI is InChI=1S/C20H20N2O3/c1-12-8-9-16(10-13(12)2)19(23)15(4)25-20(24)17-11-22-14(3)6-5-7-18(22)21-17/h5-11,15H,1-4H3. The molecule has 1 aromatic carbocycles. The molecule has 2 heterocycles. The van der Waals surface area contributed by atoms with Crippen LogP contribution in [0, 0.1) is 20.8 Å². The van der Waals surface area contributed by atoms with Gasteiger partial charge in [-0.25, -0.2) is 9.78 Å². The van der Waals surface area contributed by atoms with E-state index in [9.17, 15) is 9.59 Å². The summed E-state index contributed by atoms with van der Waals surface area (Å²) in [7, 11) is 0. The molecule has 0 spiro atoms. The first kappa shape index (κ1) is 16.9. The number of hydrogen-bond donors (Lipinski definition) is 0. The lowest BCUT2D eigenvalue weighted by Crippen LogP contribution is -2.24. The van der Waals surface area contributed by atoms with Crippen molar-refractivity contribution in [2.75, 3.05) is 0 Å². The number of imidazole rings is 1. The Labute approximate surface area is 146 Å². The molecule has 0 saturated carbocycles. The lowest BCUT2D eigenvalue weighted by molar-refractivity contribution is 0.0314. The third-order valence-corrected chi connectivity index (χ3v) is 4.35. The van der Waals surface area contributed by atoms with E-state index in [0.717, 1.165) is 16.8 Å². The van der Waals surface area contributed by atoms with Crippen molar-refractivity contribution in [3.05, 3.63) is 70.7 Å². The second-order valence-electron chi connectivity index (χ2n) is 6.23. The van der Waals surface area contributed by atoms with Gasteiger partial charge in [0.25, 0.3) is 0 Å². The van der Waals surface area contributed by atoms with E-state index in [-0.39, 0.29) is 11.5 Å². The molecule has 0 fully saturated rings. The summed E-state index contributed by atoms with van der Waals surface area (Å²) in [6.45, 7) is 7.44. The molecule has 5 nitrogen and oxygen atoms in total. The molecule has 0 amide bonds. The predicted molar refractivity (Wildman–Crippen MR) is 95.1 cm³/mol. The summed E-state index contributed by atoms with van der Waals surface area (Å²) in [6.07, 6.45) is 0.751. The Morgan fingerprint density at radius 1 is 1.08 bits per heavy atom. The molecular formula is C20H20N2O3. The van der Waals surface area contributed by atoms with Crippen molar-refractivity contribution in [2.45, 2.75) is 33.8 Å². The van der Waals surface area contributed by atoms with E-state index in [1.165, 1.54) is 0 Å². The number of esters is 1. The minimum Gasteiger partial charge on any atom is -0.449 e. The smallest absolute Gasteiger partial charge is 0.359 e. The van der Waals surface area contributed by atoms with Gasteiger partial charge in [-0.3, -0.25) is 4.79 Å². The number of benzene rings is 1. The molecule has 0 bridgehead atoms. The highest BCUT2D eigenvalue weighted by atomic mass is 16.5. The zero-order valence-corrected chi connectivity index (χ0v) is 14.7. The maximum Gasteiger partial charge on any atom is 0.359 e. The van der Waals surface area contributed by atoms with Gasteiger partial charge in [-0.1, -0.05) is 18.2 Å². The van der Waals surface area contributed by atoms with Crippen LogP contribution in [0.3, 0.4) is 0 Å². The largest absolute Gasteiger partial charge is 0.449 e. The molecule has 2 aromatic heterocycles. The molecule has 1 unspecified atom stereocenters. The summed E-state index contributed by atoms with van der Waals surface area (Å²) in [4.78, 5) is 29.1. The van der Waals surface area contributed by atoms with Crippen molar-refractivity contribution in [3.8, 4) is 0 Å². The highest BCUT2D eigenvalue weighted by Crippen LogP contribution is 2.15. The van der Waals surface area contributed by atoms with Crippen molar-refractivity contribution < 1.29 is 14.3 Å². The van der Waals surface area contributed by atoms with Gasteiger partial charge >= 0.3 is 5.97 Å². The van der Waals surface area contributed by atoms with Crippen LogP contribution in [0.5, 0.6) is 0 Å². The van der Waals surface area contributed by atoms with Crippen molar-refractivity contribution in [1.82, 2.24) is 9.38 Å². The number of rotatable bonds is 4. The Bertz CT molecular complexity index is 972. The highest BCUT2D eigenvalue weighted by Gasteiger charge is 2.22. The fourth-order valence-electron chi connectivity index (χ4n) is 2.65. The topological polar surface area (TPSA) is 60.7 Å². The molecule has 0 saturated heterocycles. The van der Waals surface area contributed by atoms with Crippen LogP contribution in [0.25, 0.3) is 5.65 Å². The van der Waals surface area contributed by atoms with Crippen LogP contribution < -0.4 is 0 Å². The van der Waals surface area contributed by atoms with Gasteiger partial charge in [0.2, 0.25) is 5.78 Å². The van der Waals surface area contributed by atoms with Gasteiger partial charge in [0.05, 0.1) is 0 Å². The van der Waals surface area contributed by atoms with Gasteiger partial charge in [0, 0.05) is 17.5 Å². The van der Waals surface area contributed by atoms with Gasteiger partial charge in [-0.2, -0.15) is 0 Å². The number of pyridine rings is 1. The zero-order chi connectivity index (χ0) is 18.1. The van der Waals surface area contributed by atoms with E-state index in [2.05, 4.69) is 4.98 Å². The minimum absolute atomic E-state index is 0.189. The summed E-state index contributed by atoms with van der Waals surface area (Å²) in [5, 5.41) is 0. The fraction of sp³-hybridized carbons (Fsp3) is 0.250. The average Bonchev–Trinajstić information content (AvgIpc) is 3.02. The van der Waals surface area contributed by atoms with Crippen LogP contribution in [0.2, 0.25) is 0 Å². The van der Waals surface area contributed by atoms with Crippen LogP contribution in [-0.4, -0.2) is 27.2 Å². The third kappa shape index (κ3) is 3.31. The lowest BCUT2D eigenvalue weighted by atomic mass is 10.0. The zero-order valence-electron chi connectivity index (χ0n) is 14.7. The summed E-state index contributed by atoms with van der Waals surface area (Å²) in [5.74, 6) is -0.829. The SMILES string of the molecule is Cc1ccc(C(=O)C(C)OC(=O)c2cn3c(C)cccc3n2)cc1C. The molecule has 0 aliphatic heterocycles. The Kier molecular flexibility index (Phi) is 4.40. The number of hydrogen-bond acceptors (Lipinski definition) is 4. The first-order valence-electron chi connectivity index (χ1n) is 8.14. The van der Waals surface area contributed by atoms with E-state index in [1.54, 1.807) is 19.2 Å². The number of carbonyl (C=O) groups excluding carboxylic acids is 2. The molecule has 128 valence electrons. The van der Waals surface area contributed by atoms with Gasteiger partial charge in [0.1, 0.15) is 5.65 Å². The van der Waals surface area contributed by atoms with Crippen LogP contribution in [0.1, 0.15) is 44.6 Å². The van der Waals surface area contributed by atoms with Crippen molar-refractivity contribution >= 4 is 17.4 Å². The summed E-state index contributed by atoms with van der Waals surface area (Å²) < 4.78 is 7.14. The second-order valence-corrected chi connectivity index (χ2v) is 6.23. The lowest BCUT2D eigenvalue weighted by Gasteiger charge is -2.12. The molecule has 0 radical (unpaired) electrons. The van der Waals surface area contributed by atoms with E-state index >= 15 is 0 Å². The normalized spacial score (nSPS) is 12.2. The highest BCUT2D eigenvalue weighted by molar-refractivity contribution is 6.01. The third-order valence-electron chi connectivity index (χ3n) is 4.35. The molecule has 3 aromatic rings. The molecule has 1 atom stereocenters. The van der Waals surface area contributed by atoms with E-state index in [4.69, 9.17) is 4.74 Å². The summed E-state index contributed by atoms with van der Waals surface area (Å²) in [6, 6.07) is 11.1. The van der Waals surface area contributed by atoms with Crippen molar-refractivity contribution in [1.29, 1.82) is 0 Å². The Hall–Kier alpha value is -2.95. The Morgan fingerprint density at radius 3 is 2.52 bits per heavy atom. The van der Waals surface area contributed by atoms with Gasteiger partial charge in [0.15, 0.2) is 11.8 Å². The predicted octanol–water partition coefficient (Wildman–Crippen LogP) is 3.69. The van der Waals surface area contributed by atoms with Gasteiger partial charge < -0.3 is 9.14 Å². The summed E-state index contributed by atoms with van der Waals surface area (Å²) >= 11 is 0. The van der Waals surface area contributed by atoms with Crippen LogP contribution >= 0.6 is 0 Å². The number of ketones is 1. The number of fused-ring (bicyclic) bond motifs is 1. The van der Waals surface area contributed by atoms with E-state index in [0.29, 0.717) is 11.2 Å². The number of carbonyl (C=O) groups is 2. The maximum atomic E-state index is 12.5. The number of nitrogens with zero attached hydrogens (tertiary/aromatic N) is 2. The summed E-state index contributed by atoms with van der Waals surface area (Å²) in [5.41, 5.74) is 4.49. The van der Waals surface area contributed by atoms with Crippen LogP contribution in [0.15, 0.2) is 42.6 Å². The first-order chi connectivity index (χ1) is 11.9. The fourth-order valence-corrected chi connectivity index (χ4v) is 2.65. The van der Waals surface area contributed by atoms with Gasteiger partial charge in [-0.15, -0.1) is 0 Å². The van der Waals surface area contributed by atoms with Crippen molar-refractivity contribution in [2.24, 2.45) is 0 Å². The molecule has 0 aliphatic rings. The van der Waals surface area contributed by atoms with E-state index < -0.39 is 12.1 Å². The number of aryl methyl sites for hydroxylation is 3. The number of Topliss-reactive ketones (excluding diaryl/α,β-unsaturated/α-hetero) is 1. The van der Waals surface area contributed by atoms with Crippen molar-refractivity contribution in [3.63, 3.8) is 0 Å². The average molecular weight is 336 g/mol. The molecule has 0 aliphatic carbocycles. The van der Waals surface area contributed by atoms with E-state index in [1.807, 2.05) is 55.5 Å². The number of aromatic nitrogens is 2. The Balaban J connectivity index is 1.77. The second kappa shape index (κ2) is 6.51. The number of ether oxygens (including phenoxy) is 1. The molecule has 25 heavy (non-hydrogen) atoms. The van der Waals surface area contributed by atoms with Crippen LogP contribution in [-0.2, 0) is 4.74 Å². The monoisotopic (exact) mass is 336 g/mol. The van der Waals surface area contributed by atoms with Gasteiger partial charge in [-0.05, 0) is 57.0 Å². The quantitative estimate of drug-likeness (QED) is 0.538. The minimum atomic E-state index is -0.875. The Morgan fingerprint density at radius 2 is 1.84 bits per heavy atom. The molecule has 3 rings (SSSR count). The molecule has 0 N–H and O–H groups in total. The molecule has 5 heteroatoms. The maximum absolute atomic E-state index is 12.5. The molecular weight excluding hydrogens is 316 g/mol.